The maximum atomic E-state index is 13.2. The lowest BCUT2D eigenvalue weighted by Crippen LogP contribution is -2.31. The van der Waals surface area contributed by atoms with Crippen molar-refractivity contribution in [2.24, 2.45) is 17.0 Å². The second kappa shape index (κ2) is 8.17. The van der Waals surface area contributed by atoms with Crippen LogP contribution in [0.25, 0.3) is 27.5 Å². The summed E-state index contributed by atoms with van der Waals surface area (Å²) < 4.78 is 3.54. The second-order valence-corrected chi connectivity index (χ2v) is 7.22. The average Bonchev–Trinajstić information content (AvgIpc) is 2.97. The van der Waals surface area contributed by atoms with Crippen LogP contribution in [0.3, 0.4) is 0 Å². The van der Waals surface area contributed by atoms with Crippen LogP contribution >= 0.6 is 0 Å². The predicted octanol–water partition coefficient (Wildman–Crippen LogP) is 3.39. The van der Waals surface area contributed by atoms with E-state index in [0.29, 0.717) is 0 Å². The van der Waals surface area contributed by atoms with Gasteiger partial charge in [0.15, 0.2) is 0 Å². The number of nitrogens with zero attached hydrogens (tertiary/aromatic N) is 4. The number of allylic oxidation sites excluding steroid dienone is 1. The smallest absolute Gasteiger partial charge is 0.312 e. The Morgan fingerprint density at radius 3 is 2.55 bits per heavy atom. The first kappa shape index (κ1) is 20.7. The van der Waals surface area contributed by atoms with Gasteiger partial charge in [0.05, 0.1) is 16.7 Å². The highest BCUT2D eigenvalue weighted by molar-refractivity contribution is 6.39. The van der Waals surface area contributed by atoms with E-state index in [1.165, 1.54) is 0 Å². The van der Waals surface area contributed by atoms with Crippen LogP contribution in [0.4, 0.5) is 0 Å². The Labute approximate surface area is 171 Å². The molecule has 0 fully saturated rings. The Morgan fingerprint density at radius 1 is 1.24 bits per heavy atom. The van der Waals surface area contributed by atoms with Gasteiger partial charge in [0.1, 0.15) is 0 Å². The van der Waals surface area contributed by atoms with Crippen LogP contribution in [0.15, 0.2) is 45.1 Å². The van der Waals surface area contributed by atoms with E-state index in [1.54, 1.807) is 24.9 Å². The molecule has 152 valence electrons. The Morgan fingerprint density at radius 2 is 1.97 bits per heavy atom. The standard InChI is InChI=1S/C23H29N5O/c1-8-20(15(3)25-5)28-22-18-12-17(19(26-6)13-24-4)14(2)11-16(18)9-10-21(22)27(7)23(28)29/h8-13,15,25H,1-7H3/b20-8+,24-13?,26-19?. The predicted molar refractivity (Wildman–Crippen MR) is 125 cm³/mol. The highest BCUT2D eigenvalue weighted by atomic mass is 16.1. The van der Waals surface area contributed by atoms with Crippen molar-refractivity contribution in [1.82, 2.24) is 14.5 Å². The molecule has 0 aliphatic rings. The fraction of sp³-hybridized carbons (Fsp3) is 0.348. The minimum absolute atomic E-state index is 0.0310. The van der Waals surface area contributed by atoms with Gasteiger partial charge in [-0.1, -0.05) is 18.2 Å². The number of likely N-dealkylation sites (N-methyl/N-ethyl adjacent to an activating group) is 1. The number of aliphatic imine (C=N–C) groups is 2. The molecule has 1 aromatic heterocycles. The van der Waals surface area contributed by atoms with Gasteiger partial charge in [0.25, 0.3) is 0 Å². The zero-order valence-corrected chi connectivity index (χ0v) is 18.2. The van der Waals surface area contributed by atoms with E-state index < -0.39 is 0 Å². The fourth-order valence-corrected chi connectivity index (χ4v) is 3.92. The molecule has 0 aliphatic carbocycles. The Bertz CT molecular complexity index is 1220. The minimum atomic E-state index is -0.0515. The summed E-state index contributed by atoms with van der Waals surface area (Å²) in [5.74, 6) is 0. The monoisotopic (exact) mass is 391 g/mol. The zero-order chi connectivity index (χ0) is 21.3. The maximum absolute atomic E-state index is 13.2. The maximum Gasteiger partial charge on any atom is 0.333 e. The minimum Gasteiger partial charge on any atom is -0.312 e. The lowest BCUT2D eigenvalue weighted by Gasteiger charge is -2.17. The number of imidazole rings is 1. The van der Waals surface area contributed by atoms with Crippen molar-refractivity contribution in [3.63, 3.8) is 0 Å². The van der Waals surface area contributed by atoms with E-state index in [0.717, 1.165) is 44.3 Å². The van der Waals surface area contributed by atoms with Crippen LogP contribution in [0.5, 0.6) is 0 Å². The molecule has 0 radical (unpaired) electrons. The summed E-state index contributed by atoms with van der Waals surface area (Å²) in [6.45, 7) is 6.10. The highest BCUT2D eigenvalue weighted by Crippen LogP contribution is 2.30. The van der Waals surface area contributed by atoms with Gasteiger partial charge < -0.3 is 5.32 Å². The molecule has 6 nitrogen and oxygen atoms in total. The summed E-state index contributed by atoms with van der Waals surface area (Å²) in [6.07, 6.45) is 3.77. The van der Waals surface area contributed by atoms with Gasteiger partial charge in [-0.2, -0.15) is 0 Å². The molecular formula is C23H29N5O. The SMILES string of the molecule is C/C=C(\C(C)NC)n1c(=O)n(C)c2ccc3cc(C)c(C(C=NC)=NC)cc3c21. The van der Waals surface area contributed by atoms with Crippen molar-refractivity contribution in [2.75, 3.05) is 21.1 Å². The third-order valence-electron chi connectivity index (χ3n) is 5.58. The van der Waals surface area contributed by atoms with Crippen LogP contribution < -0.4 is 11.0 Å². The molecule has 1 heterocycles. The van der Waals surface area contributed by atoms with Crippen molar-refractivity contribution in [3.8, 4) is 0 Å². The van der Waals surface area contributed by atoms with Crippen molar-refractivity contribution in [3.05, 3.63) is 52.0 Å². The van der Waals surface area contributed by atoms with Crippen molar-refractivity contribution in [1.29, 1.82) is 0 Å². The number of fused-ring (bicyclic) bond motifs is 3. The molecule has 0 aliphatic heterocycles. The van der Waals surface area contributed by atoms with Gasteiger partial charge in [-0.3, -0.25) is 19.1 Å². The summed E-state index contributed by atoms with van der Waals surface area (Å²) in [7, 11) is 7.23. The molecule has 3 rings (SSSR count). The molecular weight excluding hydrogens is 362 g/mol. The molecule has 1 atom stereocenters. The largest absolute Gasteiger partial charge is 0.333 e. The quantitative estimate of drug-likeness (QED) is 0.678. The Balaban J connectivity index is 2.51. The second-order valence-electron chi connectivity index (χ2n) is 7.22. The molecule has 0 amide bonds. The van der Waals surface area contributed by atoms with Crippen molar-refractivity contribution >= 4 is 39.4 Å². The van der Waals surface area contributed by atoms with E-state index >= 15 is 0 Å². The molecule has 0 saturated heterocycles. The van der Waals surface area contributed by atoms with Crippen molar-refractivity contribution in [2.45, 2.75) is 26.8 Å². The van der Waals surface area contributed by atoms with E-state index in [1.807, 2.05) is 37.7 Å². The number of aryl methyl sites for hydroxylation is 2. The summed E-state index contributed by atoms with van der Waals surface area (Å²) in [6, 6.07) is 8.41. The summed E-state index contributed by atoms with van der Waals surface area (Å²) in [5, 5.41) is 5.37. The highest BCUT2D eigenvalue weighted by Gasteiger charge is 2.20. The number of rotatable bonds is 5. The van der Waals surface area contributed by atoms with Crippen LogP contribution in [0, 0.1) is 6.92 Å². The van der Waals surface area contributed by atoms with Gasteiger partial charge in [-0.05, 0) is 50.9 Å². The van der Waals surface area contributed by atoms with Gasteiger partial charge in [0, 0.05) is 50.0 Å². The topological polar surface area (TPSA) is 63.7 Å². The molecule has 3 aromatic rings. The fourth-order valence-electron chi connectivity index (χ4n) is 3.92. The third-order valence-corrected chi connectivity index (χ3v) is 5.58. The lowest BCUT2D eigenvalue weighted by atomic mass is 9.97. The molecule has 1 N–H and O–H groups in total. The van der Waals surface area contributed by atoms with Gasteiger partial charge in [0.2, 0.25) is 0 Å². The van der Waals surface area contributed by atoms with E-state index in [-0.39, 0.29) is 11.7 Å². The van der Waals surface area contributed by atoms with E-state index in [9.17, 15) is 4.79 Å². The zero-order valence-electron chi connectivity index (χ0n) is 18.2. The van der Waals surface area contributed by atoms with Crippen LogP contribution in [0.1, 0.15) is 25.0 Å². The molecule has 29 heavy (non-hydrogen) atoms. The Hall–Kier alpha value is -2.99. The first-order valence-corrected chi connectivity index (χ1v) is 9.77. The molecule has 2 aromatic carbocycles. The number of aromatic nitrogens is 2. The van der Waals surface area contributed by atoms with E-state index in [2.05, 4.69) is 47.3 Å². The molecule has 0 saturated carbocycles. The van der Waals surface area contributed by atoms with Crippen LogP contribution in [-0.2, 0) is 7.05 Å². The van der Waals surface area contributed by atoms with Crippen molar-refractivity contribution < 1.29 is 0 Å². The molecule has 0 bridgehead atoms. The van der Waals surface area contributed by atoms with E-state index in [4.69, 9.17) is 0 Å². The van der Waals surface area contributed by atoms with Gasteiger partial charge >= 0.3 is 5.69 Å². The number of benzene rings is 2. The molecule has 1 unspecified atom stereocenters. The normalized spacial score (nSPS) is 14.4. The molecule has 0 spiro atoms. The molecule has 6 heteroatoms. The first-order chi connectivity index (χ1) is 13.9. The summed E-state index contributed by atoms with van der Waals surface area (Å²) >= 11 is 0. The van der Waals surface area contributed by atoms with Crippen LogP contribution in [-0.4, -0.2) is 48.2 Å². The summed E-state index contributed by atoms with van der Waals surface area (Å²) in [4.78, 5) is 21.8. The summed E-state index contributed by atoms with van der Waals surface area (Å²) in [5.41, 5.74) is 5.65. The van der Waals surface area contributed by atoms with Gasteiger partial charge in [-0.25, -0.2) is 4.79 Å². The third kappa shape index (κ3) is 3.34. The lowest BCUT2D eigenvalue weighted by molar-refractivity contribution is 0.703. The number of nitrogens with one attached hydrogen (secondary N) is 1. The van der Waals surface area contributed by atoms with Crippen LogP contribution in [0.2, 0.25) is 0 Å². The first-order valence-electron chi connectivity index (χ1n) is 9.77. The number of hydrogen-bond acceptors (Lipinski definition) is 4. The average molecular weight is 392 g/mol. The number of hydrogen-bond donors (Lipinski definition) is 1. The van der Waals surface area contributed by atoms with Gasteiger partial charge in [-0.15, -0.1) is 0 Å². The Kier molecular flexibility index (Phi) is 5.84.